The Balaban J connectivity index is 3.42. The lowest BCUT2D eigenvalue weighted by molar-refractivity contribution is -0.150. The van der Waals surface area contributed by atoms with Crippen molar-refractivity contribution in [2.75, 3.05) is 27.5 Å². The molecule has 0 saturated heterocycles. The zero-order chi connectivity index (χ0) is 24.4. The topological polar surface area (TPSA) is 135 Å². The molecule has 1 aliphatic rings. The van der Waals surface area contributed by atoms with Gasteiger partial charge < -0.3 is 23.3 Å². The van der Waals surface area contributed by atoms with Gasteiger partial charge in [-0.3, -0.25) is 9.36 Å². The van der Waals surface area contributed by atoms with Crippen LogP contribution in [0.4, 0.5) is 9.59 Å². The summed E-state index contributed by atoms with van der Waals surface area (Å²) in [5.74, 6) is -2.90. The largest absolute Gasteiger partial charge is 0.467 e. The maximum atomic E-state index is 12.9. The van der Waals surface area contributed by atoms with Crippen molar-refractivity contribution < 1.29 is 47.0 Å². The van der Waals surface area contributed by atoms with Crippen LogP contribution in [0.25, 0.3) is 0 Å². The first-order valence-corrected chi connectivity index (χ1v) is 11.3. The number of ketones is 1. The number of carbonyl (C=O) groups is 4. The number of rotatable bonds is 7. The summed E-state index contributed by atoms with van der Waals surface area (Å²) in [5, 5.41) is 0. The molecule has 0 heterocycles. The first-order valence-electron chi connectivity index (χ1n) is 9.54. The summed E-state index contributed by atoms with van der Waals surface area (Å²) in [6, 6.07) is 0. The van der Waals surface area contributed by atoms with Crippen LogP contribution in [0.2, 0.25) is 0 Å². The molecular formula is C19H32NO10P. The van der Waals surface area contributed by atoms with E-state index in [1.807, 2.05) is 0 Å². The van der Waals surface area contributed by atoms with Crippen LogP contribution >= 0.6 is 7.60 Å². The fourth-order valence-corrected chi connectivity index (χ4v) is 3.90. The summed E-state index contributed by atoms with van der Waals surface area (Å²) in [6.45, 7) is 9.45. The molecule has 1 saturated carbocycles. The molecule has 2 amide bonds. The van der Waals surface area contributed by atoms with Crippen molar-refractivity contribution in [2.24, 2.45) is 5.92 Å². The van der Waals surface area contributed by atoms with Crippen molar-refractivity contribution in [3.8, 4) is 0 Å². The van der Waals surface area contributed by atoms with E-state index in [1.165, 1.54) is 0 Å². The highest BCUT2D eigenvalue weighted by atomic mass is 31.2. The van der Waals surface area contributed by atoms with Crippen molar-refractivity contribution in [1.29, 1.82) is 0 Å². The second-order valence-electron chi connectivity index (χ2n) is 9.07. The molecule has 0 spiro atoms. The van der Waals surface area contributed by atoms with E-state index in [0.717, 1.165) is 21.3 Å². The molecule has 0 radical (unpaired) electrons. The Hall–Kier alpha value is -1.97. The van der Waals surface area contributed by atoms with Crippen molar-refractivity contribution in [1.82, 2.24) is 4.90 Å². The van der Waals surface area contributed by atoms with E-state index in [4.69, 9.17) is 23.3 Å². The van der Waals surface area contributed by atoms with E-state index in [-0.39, 0.29) is 6.42 Å². The second-order valence-corrected chi connectivity index (χ2v) is 11.3. The average Bonchev–Trinajstić information content (AvgIpc) is 3.34. The summed E-state index contributed by atoms with van der Waals surface area (Å²) in [4.78, 5) is 51.9. The van der Waals surface area contributed by atoms with Gasteiger partial charge in [-0.2, -0.15) is 4.90 Å². The third kappa shape index (κ3) is 6.51. The molecule has 1 fully saturated rings. The van der Waals surface area contributed by atoms with Crippen LogP contribution in [-0.4, -0.2) is 73.1 Å². The first-order chi connectivity index (χ1) is 14.0. The van der Waals surface area contributed by atoms with Crippen molar-refractivity contribution in [3.05, 3.63) is 0 Å². The Morgan fingerprint density at radius 2 is 1.32 bits per heavy atom. The van der Waals surface area contributed by atoms with Crippen molar-refractivity contribution >= 4 is 31.5 Å². The molecule has 12 heteroatoms. The van der Waals surface area contributed by atoms with Crippen LogP contribution in [0.15, 0.2) is 0 Å². The van der Waals surface area contributed by atoms with Crippen LogP contribution in [0.1, 0.15) is 48.0 Å². The SMILES string of the molecule is COC(=O)[C@]1(N(C(=O)OC(C)(C)C)C(=O)OC(C)(C)C)C[C@H]1C(=O)CP(=O)(OC)OC. The molecule has 0 aromatic rings. The van der Waals surface area contributed by atoms with Crippen LogP contribution < -0.4 is 0 Å². The molecule has 1 aliphatic carbocycles. The highest BCUT2D eigenvalue weighted by molar-refractivity contribution is 7.54. The quantitative estimate of drug-likeness (QED) is 0.313. The van der Waals surface area contributed by atoms with Crippen molar-refractivity contribution in [3.63, 3.8) is 0 Å². The molecule has 11 nitrogen and oxygen atoms in total. The Morgan fingerprint density at radius 3 is 1.65 bits per heavy atom. The molecule has 31 heavy (non-hydrogen) atoms. The van der Waals surface area contributed by atoms with E-state index in [2.05, 4.69) is 0 Å². The number of hydrogen-bond acceptors (Lipinski definition) is 10. The Morgan fingerprint density at radius 1 is 0.903 bits per heavy atom. The number of esters is 1. The van der Waals surface area contributed by atoms with Gasteiger partial charge in [-0.1, -0.05) is 0 Å². The minimum absolute atomic E-state index is 0.246. The molecule has 1 rings (SSSR count). The van der Waals surface area contributed by atoms with Gasteiger partial charge in [0.05, 0.1) is 13.0 Å². The van der Waals surface area contributed by atoms with Gasteiger partial charge in [-0.05, 0) is 48.0 Å². The summed E-state index contributed by atoms with van der Waals surface area (Å²) in [5.41, 5.74) is -4.02. The highest BCUT2D eigenvalue weighted by Crippen LogP contribution is 2.55. The van der Waals surface area contributed by atoms with Gasteiger partial charge >= 0.3 is 25.8 Å². The number of Topliss-reactive ketones (excluding diaryl/α,β-unsaturated/α-hetero) is 1. The Bertz CT molecular complexity index is 746. The standard InChI is InChI=1S/C19H32NO10P/c1-17(2,3)29-15(23)20(16(24)30-18(4,5)6)19(14(22)26-7)10-12(19)13(21)11-31(25,27-8)28-9/h12H,10-11H2,1-9H3/t12-,19-/m0/s1. The van der Waals surface area contributed by atoms with E-state index < -0.39 is 60.4 Å². The van der Waals surface area contributed by atoms with Gasteiger partial charge in [-0.15, -0.1) is 0 Å². The van der Waals surface area contributed by atoms with Crippen LogP contribution in [-0.2, 0) is 37.4 Å². The molecule has 0 aromatic carbocycles. The zero-order valence-corrected chi connectivity index (χ0v) is 20.4. The van der Waals surface area contributed by atoms with Crippen LogP contribution in [0.5, 0.6) is 0 Å². The molecule has 2 atom stereocenters. The predicted molar refractivity (Wildman–Crippen MR) is 109 cm³/mol. The molecule has 0 N–H and O–H groups in total. The first kappa shape index (κ1) is 27.1. The smallest absolute Gasteiger partial charge is 0.420 e. The van der Waals surface area contributed by atoms with Gasteiger partial charge in [0.1, 0.15) is 17.4 Å². The van der Waals surface area contributed by atoms with E-state index >= 15 is 0 Å². The van der Waals surface area contributed by atoms with Gasteiger partial charge in [0, 0.05) is 14.2 Å². The monoisotopic (exact) mass is 465 g/mol. The predicted octanol–water partition coefficient (Wildman–Crippen LogP) is 3.15. The van der Waals surface area contributed by atoms with Crippen molar-refractivity contribution in [2.45, 2.75) is 64.7 Å². The second kappa shape index (κ2) is 9.26. The minimum atomic E-state index is -3.74. The summed E-state index contributed by atoms with van der Waals surface area (Å²) >= 11 is 0. The molecule has 0 bridgehead atoms. The third-order valence-corrected chi connectivity index (χ3v) is 6.13. The lowest BCUT2D eigenvalue weighted by Gasteiger charge is -2.33. The summed E-state index contributed by atoms with van der Waals surface area (Å²) in [6.07, 6.45) is -3.25. The maximum Gasteiger partial charge on any atom is 0.420 e. The van der Waals surface area contributed by atoms with Gasteiger partial charge in [0.15, 0.2) is 11.3 Å². The lowest BCUT2D eigenvalue weighted by Crippen LogP contribution is -2.55. The minimum Gasteiger partial charge on any atom is -0.467 e. The normalized spacial score (nSPS) is 21.1. The number of amides is 2. The number of ether oxygens (including phenoxy) is 3. The number of nitrogens with zero attached hydrogens (tertiary/aromatic N) is 1. The van der Waals surface area contributed by atoms with E-state index in [9.17, 15) is 23.7 Å². The molecule has 178 valence electrons. The molecule has 0 aromatic heterocycles. The zero-order valence-electron chi connectivity index (χ0n) is 19.5. The average molecular weight is 465 g/mol. The fraction of sp³-hybridized carbons (Fsp3) is 0.789. The number of carbonyl (C=O) groups excluding carboxylic acids is 4. The summed E-state index contributed by atoms with van der Waals surface area (Å²) in [7, 11) is -0.453. The third-order valence-electron chi connectivity index (χ3n) is 4.32. The molecular weight excluding hydrogens is 433 g/mol. The van der Waals surface area contributed by atoms with Crippen LogP contribution in [0.3, 0.4) is 0 Å². The van der Waals surface area contributed by atoms with E-state index in [1.54, 1.807) is 41.5 Å². The molecule has 0 aliphatic heterocycles. The number of methoxy groups -OCH3 is 1. The highest BCUT2D eigenvalue weighted by Gasteiger charge is 2.72. The number of imide groups is 1. The lowest BCUT2D eigenvalue weighted by atomic mass is 10.1. The van der Waals surface area contributed by atoms with E-state index in [0.29, 0.717) is 4.90 Å². The van der Waals surface area contributed by atoms with Gasteiger partial charge in [-0.25, -0.2) is 14.4 Å². The van der Waals surface area contributed by atoms with Crippen LogP contribution in [0, 0.1) is 5.92 Å². The fourth-order valence-electron chi connectivity index (χ4n) is 2.89. The Labute approximate surface area is 182 Å². The van der Waals surface area contributed by atoms with Gasteiger partial charge in [0.2, 0.25) is 0 Å². The van der Waals surface area contributed by atoms with Gasteiger partial charge in [0.25, 0.3) is 0 Å². The molecule has 0 unspecified atom stereocenters. The maximum absolute atomic E-state index is 12.9. The number of hydrogen-bond donors (Lipinski definition) is 0. The summed E-state index contributed by atoms with van der Waals surface area (Å²) < 4.78 is 37.3. The Kier molecular flexibility index (Phi) is 8.08.